The van der Waals surface area contributed by atoms with Gasteiger partial charge in [-0.3, -0.25) is 0 Å². The van der Waals surface area contributed by atoms with Crippen molar-refractivity contribution >= 4 is 60.4 Å². The Bertz CT molecular complexity index is 3640. The van der Waals surface area contributed by atoms with Crippen LogP contribution < -0.4 is 4.90 Å². The maximum Gasteiger partial charge on any atom is 0.0625 e. The minimum atomic E-state index is 1.09. The Morgan fingerprint density at radius 1 is 0.281 bits per heavy atom. The molecule has 0 N–H and O–H groups in total. The van der Waals surface area contributed by atoms with Crippen molar-refractivity contribution in [3.63, 3.8) is 0 Å². The molecule has 0 atom stereocenters. The van der Waals surface area contributed by atoms with E-state index >= 15 is 0 Å². The first kappa shape index (κ1) is 37.3. The fourth-order valence-corrected chi connectivity index (χ4v) is 9.74. The Kier molecular flexibility index (Phi) is 9.20. The maximum absolute atomic E-state index is 2.44. The van der Waals surface area contributed by atoms with Gasteiger partial charge in [0.2, 0.25) is 0 Å². The number of fused-ring (bicyclic) bond motifs is 6. The number of hydrogen-bond acceptors (Lipinski definition) is 1. The summed E-state index contributed by atoms with van der Waals surface area (Å²) in [5.74, 6) is 0. The second-order valence-electron chi connectivity index (χ2n) is 16.5. The number of hydrogen-bond donors (Lipinski definition) is 0. The predicted molar refractivity (Wildman–Crippen MR) is 272 cm³/mol. The molecule has 0 aliphatic carbocycles. The van der Waals surface area contributed by atoms with Gasteiger partial charge in [0.1, 0.15) is 0 Å². The fraction of sp³-hybridized carbons (Fsp3) is 0. The molecule has 0 fully saturated rings. The molecule has 0 spiro atoms. The van der Waals surface area contributed by atoms with Crippen LogP contribution in [0.25, 0.3) is 93.5 Å². The minimum Gasteiger partial charge on any atom is -0.310 e. The van der Waals surface area contributed by atoms with E-state index in [1.54, 1.807) is 0 Å². The van der Waals surface area contributed by atoms with E-state index in [-0.39, 0.29) is 0 Å². The largest absolute Gasteiger partial charge is 0.310 e. The molecule has 0 saturated heterocycles. The van der Waals surface area contributed by atoms with E-state index in [0.29, 0.717) is 0 Å². The van der Waals surface area contributed by atoms with E-state index in [9.17, 15) is 0 Å². The summed E-state index contributed by atoms with van der Waals surface area (Å²) in [7, 11) is 0. The predicted octanol–water partition coefficient (Wildman–Crippen LogP) is 17.2. The number of para-hydroxylation sites is 2. The lowest BCUT2D eigenvalue weighted by molar-refractivity contribution is 1.19. The summed E-state index contributed by atoms with van der Waals surface area (Å²) < 4.78 is 2.44. The molecule has 2 nitrogen and oxygen atoms in total. The van der Waals surface area contributed by atoms with Gasteiger partial charge < -0.3 is 9.47 Å². The molecule has 0 aliphatic heterocycles. The van der Waals surface area contributed by atoms with Crippen molar-refractivity contribution in [2.24, 2.45) is 0 Å². The van der Waals surface area contributed by atoms with Crippen LogP contribution >= 0.6 is 0 Å². The second-order valence-corrected chi connectivity index (χ2v) is 16.5. The van der Waals surface area contributed by atoms with Crippen molar-refractivity contribution in [3.8, 4) is 50.2 Å². The Labute approximate surface area is 373 Å². The minimum absolute atomic E-state index is 1.09. The van der Waals surface area contributed by atoms with Crippen LogP contribution in [0.15, 0.2) is 255 Å². The van der Waals surface area contributed by atoms with Gasteiger partial charge in [0.05, 0.1) is 11.0 Å². The molecule has 0 bridgehead atoms. The third-order valence-corrected chi connectivity index (χ3v) is 12.7. The van der Waals surface area contributed by atoms with Gasteiger partial charge in [0.25, 0.3) is 0 Å². The molecule has 0 saturated carbocycles. The molecule has 0 aliphatic rings. The monoisotopic (exact) mass is 814 g/mol. The average Bonchev–Trinajstić information content (AvgIpc) is 3.73. The summed E-state index contributed by atoms with van der Waals surface area (Å²) in [6.45, 7) is 0. The zero-order chi connectivity index (χ0) is 42.4. The summed E-state index contributed by atoms with van der Waals surface area (Å²) in [4.78, 5) is 2.40. The van der Waals surface area contributed by atoms with E-state index in [1.165, 1.54) is 82.3 Å². The van der Waals surface area contributed by atoms with Gasteiger partial charge in [-0.15, -0.1) is 0 Å². The summed E-state index contributed by atoms with van der Waals surface area (Å²) >= 11 is 0. The Hall–Kier alpha value is -8.46. The number of rotatable bonds is 8. The van der Waals surface area contributed by atoms with Crippen LogP contribution in [0.1, 0.15) is 0 Å². The van der Waals surface area contributed by atoms with Crippen molar-refractivity contribution in [1.29, 1.82) is 0 Å². The van der Waals surface area contributed by atoms with Crippen molar-refractivity contribution in [3.05, 3.63) is 255 Å². The first-order valence-electron chi connectivity index (χ1n) is 22.0. The van der Waals surface area contributed by atoms with Gasteiger partial charge in [-0.25, -0.2) is 0 Å². The van der Waals surface area contributed by atoms with Crippen molar-refractivity contribution in [2.75, 3.05) is 4.90 Å². The lowest BCUT2D eigenvalue weighted by Gasteiger charge is -2.27. The SMILES string of the molecule is c1ccc(-c2cccc(N(c3ccc(-c4ccc(-c5cccc6ccccc56)cc4)cc3)c3cccc(-c4cc5ccccc5c5c4c4ccccc4n5-c4ccccc4)c3)c2)cc1. The van der Waals surface area contributed by atoms with E-state index in [2.05, 4.69) is 264 Å². The Morgan fingerprint density at radius 2 is 0.797 bits per heavy atom. The van der Waals surface area contributed by atoms with E-state index in [0.717, 1.165) is 28.3 Å². The van der Waals surface area contributed by atoms with Crippen LogP contribution in [-0.4, -0.2) is 4.57 Å². The number of nitrogens with zero attached hydrogens (tertiary/aromatic N) is 2. The molecule has 12 aromatic rings. The molecule has 1 heterocycles. The quantitative estimate of drug-likeness (QED) is 0.148. The lowest BCUT2D eigenvalue weighted by Crippen LogP contribution is -2.10. The molecule has 0 amide bonds. The highest BCUT2D eigenvalue weighted by Gasteiger charge is 2.21. The smallest absolute Gasteiger partial charge is 0.0625 e. The molecular formula is C62H42N2. The normalized spacial score (nSPS) is 11.4. The van der Waals surface area contributed by atoms with Crippen LogP contribution in [0.5, 0.6) is 0 Å². The van der Waals surface area contributed by atoms with E-state index < -0.39 is 0 Å². The first-order chi connectivity index (χ1) is 31.7. The second kappa shape index (κ2) is 15.8. The molecule has 64 heavy (non-hydrogen) atoms. The number of aromatic nitrogens is 1. The summed E-state index contributed by atoms with van der Waals surface area (Å²) in [5, 5.41) is 7.46. The summed E-state index contributed by atoms with van der Waals surface area (Å²) in [6.07, 6.45) is 0. The van der Waals surface area contributed by atoms with Crippen LogP contribution in [0.3, 0.4) is 0 Å². The van der Waals surface area contributed by atoms with Gasteiger partial charge in [-0.05, 0) is 121 Å². The van der Waals surface area contributed by atoms with Gasteiger partial charge in [-0.1, -0.05) is 194 Å². The first-order valence-corrected chi connectivity index (χ1v) is 22.0. The number of anilines is 3. The summed E-state index contributed by atoms with van der Waals surface area (Å²) in [5.41, 5.74) is 16.4. The number of benzene rings is 11. The van der Waals surface area contributed by atoms with Crippen molar-refractivity contribution in [1.82, 2.24) is 4.57 Å². The van der Waals surface area contributed by atoms with Gasteiger partial charge in [0, 0.05) is 38.9 Å². The van der Waals surface area contributed by atoms with Crippen LogP contribution in [-0.2, 0) is 0 Å². The topological polar surface area (TPSA) is 8.17 Å². The molecular weight excluding hydrogens is 773 g/mol. The fourth-order valence-electron chi connectivity index (χ4n) is 9.74. The van der Waals surface area contributed by atoms with Crippen LogP contribution in [0.4, 0.5) is 17.1 Å². The van der Waals surface area contributed by atoms with E-state index in [1.807, 2.05) is 0 Å². The van der Waals surface area contributed by atoms with Crippen LogP contribution in [0, 0.1) is 0 Å². The standard InChI is InChI=1S/C62H42N2/c1-3-16-43(17-4-1)48-21-13-25-53(40-48)63(52-38-36-45(37-39-52)44-32-34-47(35-33-44)56-30-15-20-46-18-7-9-27-55(46)56)54-26-14-22-49(41-54)59-42-50-19-8-10-28-57(50)62-61(59)58-29-11-12-31-60(58)64(62)51-23-5-2-6-24-51/h1-42H. The average molecular weight is 815 g/mol. The molecule has 11 aromatic carbocycles. The van der Waals surface area contributed by atoms with E-state index in [4.69, 9.17) is 0 Å². The van der Waals surface area contributed by atoms with Crippen LogP contribution in [0.2, 0.25) is 0 Å². The highest BCUT2D eigenvalue weighted by atomic mass is 15.1. The third kappa shape index (κ3) is 6.52. The van der Waals surface area contributed by atoms with Crippen molar-refractivity contribution in [2.45, 2.75) is 0 Å². The highest BCUT2D eigenvalue weighted by Crippen LogP contribution is 2.45. The maximum atomic E-state index is 2.44. The highest BCUT2D eigenvalue weighted by molar-refractivity contribution is 6.24. The van der Waals surface area contributed by atoms with Gasteiger partial charge in [0.15, 0.2) is 0 Å². The van der Waals surface area contributed by atoms with Crippen molar-refractivity contribution < 1.29 is 0 Å². The Balaban J connectivity index is 0.997. The van der Waals surface area contributed by atoms with Gasteiger partial charge >= 0.3 is 0 Å². The molecule has 2 heteroatoms. The lowest BCUT2D eigenvalue weighted by atomic mass is 9.94. The zero-order valence-electron chi connectivity index (χ0n) is 35.1. The zero-order valence-corrected chi connectivity index (χ0v) is 35.1. The molecule has 0 radical (unpaired) electrons. The summed E-state index contributed by atoms with van der Waals surface area (Å²) in [6, 6.07) is 92.6. The Morgan fingerprint density at radius 3 is 1.55 bits per heavy atom. The molecule has 0 unspecified atom stereocenters. The molecule has 12 rings (SSSR count). The third-order valence-electron chi connectivity index (χ3n) is 12.7. The van der Waals surface area contributed by atoms with Gasteiger partial charge in [-0.2, -0.15) is 0 Å². The molecule has 300 valence electrons. The molecule has 1 aromatic heterocycles.